The molecule has 2 aromatic rings. The first-order chi connectivity index (χ1) is 11.1. The number of aryl methyl sites for hydroxylation is 1. The number of hydrogen-bond donors (Lipinski definition) is 2. The van der Waals surface area contributed by atoms with E-state index in [0.29, 0.717) is 13.0 Å². The molecule has 2 unspecified atom stereocenters. The first kappa shape index (κ1) is 15.7. The lowest BCUT2D eigenvalue weighted by Gasteiger charge is -2.36. The van der Waals surface area contributed by atoms with Gasteiger partial charge >= 0.3 is 5.97 Å². The van der Waals surface area contributed by atoms with Crippen molar-refractivity contribution in [1.82, 2.24) is 15.0 Å². The van der Waals surface area contributed by atoms with Crippen LogP contribution in [0.25, 0.3) is 11.0 Å². The Bertz CT molecular complexity index is 714. The van der Waals surface area contributed by atoms with Crippen LogP contribution >= 0.6 is 0 Å². The van der Waals surface area contributed by atoms with Gasteiger partial charge in [0.1, 0.15) is 17.8 Å². The summed E-state index contributed by atoms with van der Waals surface area (Å²) in [5.74, 6) is 0.458. The number of esters is 1. The van der Waals surface area contributed by atoms with Crippen molar-refractivity contribution in [3.05, 3.63) is 18.1 Å². The Labute approximate surface area is 134 Å². The van der Waals surface area contributed by atoms with Crippen molar-refractivity contribution in [3.63, 3.8) is 0 Å². The number of fused-ring (bicyclic) bond motifs is 1. The predicted octanol–water partition coefficient (Wildman–Crippen LogP) is 2.04. The zero-order chi connectivity index (χ0) is 16.4. The van der Waals surface area contributed by atoms with Crippen molar-refractivity contribution >= 4 is 22.8 Å². The summed E-state index contributed by atoms with van der Waals surface area (Å²) in [6.45, 7) is 4.38. The molecule has 124 valence electrons. The second kappa shape index (κ2) is 6.16. The van der Waals surface area contributed by atoms with Crippen LogP contribution in [0.2, 0.25) is 0 Å². The fraction of sp³-hybridized carbons (Fsp3) is 0.562. The van der Waals surface area contributed by atoms with Gasteiger partial charge in [0.15, 0.2) is 5.60 Å². The van der Waals surface area contributed by atoms with Crippen molar-refractivity contribution in [3.8, 4) is 0 Å². The van der Waals surface area contributed by atoms with Crippen molar-refractivity contribution in [2.75, 3.05) is 19.0 Å². The van der Waals surface area contributed by atoms with Gasteiger partial charge < -0.3 is 19.8 Å². The fourth-order valence-electron chi connectivity index (χ4n) is 3.15. The second-order valence-corrected chi connectivity index (χ2v) is 6.02. The summed E-state index contributed by atoms with van der Waals surface area (Å²) < 4.78 is 10.5. The van der Waals surface area contributed by atoms with Gasteiger partial charge in [-0.25, -0.2) is 14.8 Å². The minimum atomic E-state index is -0.914. The monoisotopic (exact) mass is 318 g/mol. The van der Waals surface area contributed by atoms with E-state index in [-0.39, 0.29) is 12.0 Å². The summed E-state index contributed by atoms with van der Waals surface area (Å²) in [6.07, 6.45) is 5.75. The van der Waals surface area contributed by atoms with Gasteiger partial charge in [0, 0.05) is 18.7 Å². The number of aromatic nitrogens is 3. The minimum Gasteiger partial charge on any atom is -0.467 e. The van der Waals surface area contributed by atoms with E-state index in [4.69, 9.17) is 9.47 Å². The van der Waals surface area contributed by atoms with E-state index in [1.54, 1.807) is 13.3 Å². The lowest BCUT2D eigenvalue weighted by atomic mass is 9.92. The van der Waals surface area contributed by atoms with Crippen LogP contribution in [0.15, 0.2) is 12.5 Å². The minimum absolute atomic E-state index is 0.0885. The van der Waals surface area contributed by atoms with Crippen molar-refractivity contribution in [1.29, 1.82) is 0 Å². The van der Waals surface area contributed by atoms with Crippen LogP contribution in [-0.4, -0.2) is 46.3 Å². The maximum absolute atomic E-state index is 12.0. The molecule has 0 amide bonds. The molecule has 1 fully saturated rings. The molecule has 1 saturated heterocycles. The number of H-pyrrole nitrogens is 1. The van der Waals surface area contributed by atoms with Gasteiger partial charge in [-0.2, -0.15) is 0 Å². The highest BCUT2D eigenvalue weighted by Crippen LogP contribution is 2.30. The molecule has 0 spiro atoms. The number of rotatable bonds is 4. The van der Waals surface area contributed by atoms with E-state index in [0.717, 1.165) is 29.7 Å². The molecule has 0 bridgehead atoms. The molecule has 2 aromatic heterocycles. The predicted molar refractivity (Wildman–Crippen MR) is 86.3 cm³/mol. The molecule has 7 heteroatoms. The van der Waals surface area contributed by atoms with Crippen LogP contribution in [0.5, 0.6) is 0 Å². The summed E-state index contributed by atoms with van der Waals surface area (Å²) in [6, 6.07) is 0.0885. The SMILES string of the molecule is CCc1c[nH]c2ncnc(NC3CCOC(C)(C(=O)OC)C3)c12. The molecule has 3 heterocycles. The number of aromatic amines is 1. The van der Waals surface area contributed by atoms with E-state index < -0.39 is 5.60 Å². The Morgan fingerprint density at radius 2 is 2.39 bits per heavy atom. The lowest BCUT2D eigenvalue weighted by molar-refractivity contribution is -0.173. The average Bonchev–Trinajstić information content (AvgIpc) is 2.98. The van der Waals surface area contributed by atoms with Gasteiger partial charge in [-0.15, -0.1) is 0 Å². The summed E-state index contributed by atoms with van der Waals surface area (Å²) in [5, 5.41) is 4.48. The van der Waals surface area contributed by atoms with E-state index in [2.05, 4.69) is 27.2 Å². The van der Waals surface area contributed by atoms with Gasteiger partial charge in [-0.1, -0.05) is 6.92 Å². The molecule has 1 aliphatic heterocycles. The number of methoxy groups -OCH3 is 1. The van der Waals surface area contributed by atoms with Gasteiger partial charge in [0.2, 0.25) is 0 Å². The average molecular weight is 318 g/mol. The number of hydrogen-bond acceptors (Lipinski definition) is 6. The topological polar surface area (TPSA) is 89.1 Å². The first-order valence-electron chi connectivity index (χ1n) is 7.87. The normalized spacial score (nSPS) is 24.6. The van der Waals surface area contributed by atoms with Gasteiger partial charge in [0.05, 0.1) is 19.1 Å². The fourth-order valence-corrected chi connectivity index (χ4v) is 3.15. The molecular formula is C16H22N4O3. The first-order valence-corrected chi connectivity index (χ1v) is 7.87. The van der Waals surface area contributed by atoms with E-state index >= 15 is 0 Å². The Kier molecular flexibility index (Phi) is 4.21. The van der Waals surface area contributed by atoms with Gasteiger partial charge in [-0.05, 0) is 25.3 Å². The number of nitrogens with zero attached hydrogens (tertiary/aromatic N) is 2. The molecular weight excluding hydrogens is 296 g/mol. The third-order valence-corrected chi connectivity index (χ3v) is 4.41. The number of anilines is 1. The van der Waals surface area contributed by atoms with Crippen LogP contribution in [0.1, 0.15) is 32.3 Å². The molecule has 0 aromatic carbocycles. The van der Waals surface area contributed by atoms with Gasteiger partial charge in [0.25, 0.3) is 0 Å². The maximum Gasteiger partial charge on any atom is 0.337 e. The smallest absolute Gasteiger partial charge is 0.337 e. The van der Waals surface area contributed by atoms with Crippen LogP contribution in [0.3, 0.4) is 0 Å². The highest BCUT2D eigenvalue weighted by Gasteiger charge is 2.41. The van der Waals surface area contributed by atoms with E-state index in [1.807, 2.05) is 6.20 Å². The van der Waals surface area contributed by atoms with E-state index in [9.17, 15) is 4.79 Å². The third kappa shape index (κ3) is 2.88. The molecule has 0 saturated carbocycles. The zero-order valence-corrected chi connectivity index (χ0v) is 13.7. The van der Waals surface area contributed by atoms with Crippen LogP contribution in [0.4, 0.5) is 5.82 Å². The number of ether oxygens (including phenoxy) is 2. The highest BCUT2D eigenvalue weighted by atomic mass is 16.6. The number of carbonyl (C=O) groups is 1. The Balaban J connectivity index is 1.85. The second-order valence-electron chi connectivity index (χ2n) is 6.02. The summed E-state index contributed by atoms with van der Waals surface area (Å²) in [5.41, 5.74) is 1.08. The Hall–Kier alpha value is -2.15. The molecule has 0 aliphatic carbocycles. The Morgan fingerprint density at radius 3 is 3.13 bits per heavy atom. The van der Waals surface area contributed by atoms with E-state index in [1.165, 1.54) is 12.7 Å². The Morgan fingerprint density at radius 1 is 1.57 bits per heavy atom. The van der Waals surface area contributed by atoms with Gasteiger partial charge in [-0.3, -0.25) is 0 Å². The maximum atomic E-state index is 12.0. The quantitative estimate of drug-likeness (QED) is 0.839. The summed E-state index contributed by atoms with van der Waals surface area (Å²) in [7, 11) is 1.38. The zero-order valence-electron chi connectivity index (χ0n) is 13.7. The van der Waals surface area contributed by atoms with Crippen molar-refractivity contribution in [2.45, 2.75) is 44.8 Å². The molecule has 23 heavy (non-hydrogen) atoms. The summed E-state index contributed by atoms with van der Waals surface area (Å²) in [4.78, 5) is 23.8. The third-order valence-electron chi connectivity index (χ3n) is 4.41. The molecule has 2 N–H and O–H groups in total. The van der Waals surface area contributed by atoms with Crippen molar-refractivity contribution < 1.29 is 14.3 Å². The van der Waals surface area contributed by atoms with Crippen LogP contribution in [-0.2, 0) is 20.7 Å². The molecule has 1 aliphatic rings. The number of carbonyl (C=O) groups excluding carboxylic acids is 1. The van der Waals surface area contributed by atoms with Crippen LogP contribution < -0.4 is 5.32 Å². The van der Waals surface area contributed by atoms with Crippen molar-refractivity contribution in [2.24, 2.45) is 0 Å². The molecule has 7 nitrogen and oxygen atoms in total. The molecule has 0 radical (unpaired) electrons. The highest BCUT2D eigenvalue weighted by molar-refractivity contribution is 5.90. The molecule has 3 rings (SSSR count). The molecule has 2 atom stereocenters. The lowest BCUT2D eigenvalue weighted by Crippen LogP contribution is -2.48. The number of nitrogens with one attached hydrogen (secondary N) is 2. The van der Waals surface area contributed by atoms with Crippen LogP contribution in [0, 0.1) is 0 Å². The largest absolute Gasteiger partial charge is 0.467 e. The standard InChI is InChI=1S/C16H22N4O3/c1-4-10-8-17-13-12(10)14(19-9-18-13)20-11-5-6-23-16(2,7-11)15(21)22-3/h8-9,11H,4-7H2,1-3H3,(H2,17,18,19,20). The summed E-state index contributed by atoms with van der Waals surface area (Å²) >= 11 is 0.